The van der Waals surface area contributed by atoms with Gasteiger partial charge in [0.2, 0.25) is 12.5 Å². The maximum atomic E-state index is 12.9. The Labute approximate surface area is 164 Å². The number of fused-ring (bicyclic) bond motifs is 1. The smallest absolute Gasteiger partial charge is 0.231 e. The lowest BCUT2D eigenvalue weighted by Gasteiger charge is -2.10. The predicted molar refractivity (Wildman–Crippen MR) is 98.3 cm³/mol. The molecule has 2 aliphatic heterocycles. The van der Waals surface area contributed by atoms with Gasteiger partial charge in [-0.3, -0.25) is 4.79 Å². The van der Waals surface area contributed by atoms with Crippen molar-refractivity contribution in [2.24, 2.45) is 0 Å². The molecule has 0 N–H and O–H groups in total. The highest BCUT2D eigenvalue weighted by atomic mass is 79.9. The number of carbonyl (C=O) groups excluding carboxylic acids is 1. The zero-order valence-electron chi connectivity index (χ0n) is 14.9. The van der Waals surface area contributed by atoms with Crippen LogP contribution in [0.15, 0.2) is 28.7 Å². The van der Waals surface area contributed by atoms with Gasteiger partial charge in [-0.2, -0.15) is 0 Å². The maximum absolute atomic E-state index is 12.9. The van der Waals surface area contributed by atoms with E-state index >= 15 is 0 Å². The summed E-state index contributed by atoms with van der Waals surface area (Å²) in [6.07, 6.45) is -0.967. The first kappa shape index (κ1) is 17.9. The Balaban J connectivity index is 1.60. The van der Waals surface area contributed by atoms with Gasteiger partial charge in [0.15, 0.2) is 34.9 Å². The van der Waals surface area contributed by atoms with Gasteiger partial charge in [-0.05, 0) is 45.8 Å². The van der Waals surface area contributed by atoms with Crippen molar-refractivity contribution >= 4 is 21.7 Å². The third-order valence-corrected chi connectivity index (χ3v) is 5.15. The van der Waals surface area contributed by atoms with Crippen LogP contribution in [0.25, 0.3) is 0 Å². The first-order valence-corrected chi connectivity index (χ1v) is 8.95. The lowest BCUT2D eigenvalue weighted by atomic mass is 10.0. The molecule has 0 spiro atoms. The van der Waals surface area contributed by atoms with Crippen LogP contribution in [0.3, 0.4) is 0 Å². The van der Waals surface area contributed by atoms with Gasteiger partial charge in [-0.15, -0.1) is 0 Å². The first-order valence-electron chi connectivity index (χ1n) is 8.16. The number of carbonyl (C=O) groups is 1. The molecule has 1 saturated heterocycles. The number of hydrogen-bond donors (Lipinski definition) is 0. The number of ether oxygens (including phenoxy) is 6. The van der Waals surface area contributed by atoms with Crippen LogP contribution in [0, 0.1) is 0 Å². The number of ketones is 1. The quantitative estimate of drug-likeness (QED) is 0.506. The van der Waals surface area contributed by atoms with Crippen molar-refractivity contribution in [2.75, 3.05) is 28.1 Å². The normalized spacial score (nSPS) is 19.6. The molecule has 2 aromatic rings. The van der Waals surface area contributed by atoms with E-state index in [0.717, 1.165) is 5.56 Å². The van der Waals surface area contributed by atoms with Crippen LogP contribution in [0.5, 0.6) is 28.7 Å². The molecule has 0 radical (unpaired) electrons. The van der Waals surface area contributed by atoms with Crippen molar-refractivity contribution in [3.8, 4) is 28.7 Å². The molecule has 0 aromatic heterocycles. The van der Waals surface area contributed by atoms with Crippen LogP contribution < -0.4 is 23.7 Å². The summed E-state index contributed by atoms with van der Waals surface area (Å²) < 4.78 is 33.0. The number of halogens is 1. The van der Waals surface area contributed by atoms with E-state index in [9.17, 15) is 4.79 Å². The van der Waals surface area contributed by atoms with Crippen LogP contribution in [-0.2, 0) is 4.74 Å². The van der Waals surface area contributed by atoms with E-state index in [1.165, 1.54) is 7.11 Å². The molecule has 0 aliphatic carbocycles. The number of rotatable bonds is 6. The number of hydrogen-bond acceptors (Lipinski definition) is 7. The lowest BCUT2D eigenvalue weighted by Crippen LogP contribution is -2.10. The monoisotopic (exact) mass is 436 g/mol. The minimum Gasteiger partial charge on any atom is -0.493 e. The van der Waals surface area contributed by atoms with E-state index in [1.54, 1.807) is 32.4 Å². The first-order chi connectivity index (χ1) is 13.1. The molecule has 1 fully saturated rings. The second kappa shape index (κ2) is 6.94. The molecule has 2 aromatic carbocycles. The highest BCUT2D eigenvalue weighted by Gasteiger charge is 2.47. The molecule has 2 heterocycles. The van der Waals surface area contributed by atoms with Gasteiger partial charge in [-0.25, -0.2) is 0 Å². The Kier molecular flexibility index (Phi) is 4.61. The fraction of sp³-hybridized carbons (Fsp3) is 0.316. The van der Waals surface area contributed by atoms with Crippen molar-refractivity contribution in [3.05, 3.63) is 39.9 Å². The minimum atomic E-state index is -0.593. The fourth-order valence-electron chi connectivity index (χ4n) is 3.08. The van der Waals surface area contributed by atoms with Gasteiger partial charge in [0.25, 0.3) is 0 Å². The standard InChI is InChI=1S/C19H17BrO7/c1-22-12-6-10(11(20)7-13(12)23-2)16(21)19-17(27-19)9-4-14(24-3)18-15(5-9)25-8-26-18/h4-7,17,19H,8H2,1-3H3/t17-,19+/m0/s1. The Hall–Kier alpha value is -2.45. The molecule has 4 rings (SSSR count). The van der Waals surface area contributed by atoms with E-state index in [-0.39, 0.29) is 18.7 Å². The number of methoxy groups -OCH3 is 3. The van der Waals surface area contributed by atoms with E-state index < -0.39 is 6.10 Å². The zero-order chi connectivity index (χ0) is 19.1. The largest absolute Gasteiger partial charge is 0.493 e. The summed E-state index contributed by atoms with van der Waals surface area (Å²) in [5.41, 5.74) is 1.26. The highest BCUT2D eigenvalue weighted by Crippen LogP contribution is 2.49. The summed E-state index contributed by atoms with van der Waals surface area (Å²) in [4.78, 5) is 12.9. The minimum absolute atomic E-state index is 0.140. The van der Waals surface area contributed by atoms with Crippen LogP contribution in [-0.4, -0.2) is 40.0 Å². The average molecular weight is 437 g/mol. The molecule has 0 saturated carbocycles. The van der Waals surface area contributed by atoms with Crippen molar-refractivity contribution in [3.63, 3.8) is 0 Å². The van der Waals surface area contributed by atoms with Crippen molar-refractivity contribution in [1.29, 1.82) is 0 Å². The lowest BCUT2D eigenvalue weighted by molar-refractivity contribution is 0.0952. The average Bonchev–Trinajstić information content (AvgIpc) is 3.35. The van der Waals surface area contributed by atoms with Crippen molar-refractivity contribution in [1.82, 2.24) is 0 Å². The second-order valence-corrected chi connectivity index (χ2v) is 6.84. The topological polar surface area (TPSA) is 75.8 Å². The van der Waals surface area contributed by atoms with E-state index in [2.05, 4.69) is 15.9 Å². The number of benzene rings is 2. The molecular weight excluding hydrogens is 420 g/mol. The highest BCUT2D eigenvalue weighted by molar-refractivity contribution is 9.10. The molecule has 0 unspecified atom stereocenters. The second-order valence-electron chi connectivity index (χ2n) is 5.99. The Morgan fingerprint density at radius 3 is 2.41 bits per heavy atom. The molecule has 2 aliphatic rings. The molecule has 142 valence electrons. The van der Waals surface area contributed by atoms with Gasteiger partial charge in [-0.1, -0.05) is 0 Å². The molecule has 0 bridgehead atoms. The maximum Gasteiger partial charge on any atom is 0.231 e. The summed E-state index contributed by atoms with van der Waals surface area (Å²) in [7, 11) is 4.62. The van der Waals surface area contributed by atoms with Crippen LogP contribution in [0.4, 0.5) is 0 Å². The summed E-state index contributed by atoms with van der Waals surface area (Å²) in [5.74, 6) is 2.56. The molecule has 2 atom stereocenters. The SMILES string of the molecule is COc1cc(Br)c(C(=O)[C@H]2O[C@H]2c2cc(OC)c3c(c2)OCO3)cc1OC. The third-order valence-electron chi connectivity index (χ3n) is 4.50. The van der Waals surface area contributed by atoms with Gasteiger partial charge in [0.1, 0.15) is 6.10 Å². The summed E-state index contributed by atoms with van der Waals surface area (Å²) in [6.45, 7) is 0.140. The molecule has 0 amide bonds. The zero-order valence-corrected chi connectivity index (χ0v) is 16.5. The van der Waals surface area contributed by atoms with Crippen LogP contribution >= 0.6 is 15.9 Å². The van der Waals surface area contributed by atoms with Crippen LogP contribution in [0.2, 0.25) is 0 Å². The molecule has 8 heteroatoms. The van der Waals surface area contributed by atoms with Crippen molar-refractivity contribution in [2.45, 2.75) is 12.2 Å². The fourth-order valence-corrected chi connectivity index (χ4v) is 3.59. The van der Waals surface area contributed by atoms with E-state index in [1.807, 2.05) is 6.07 Å². The summed E-state index contributed by atoms with van der Waals surface area (Å²) in [5, 5.41) is 0. The molecular formula is C19H17BrO7. The summed E-state index contributed by atoms with van der Waals surface area (Å²) in [6, 6.07) is 6.96. The van der Waals surface area contributed by atoms with Gasteiger partial charge < -0.3 is 28.4 Å². The Morgan fingerprint density at radius 1 is 1.00 bits per heavy atom. The summed E-state index contributed by atoms with van der Waals surface area (Å²) >= 11 is 3.42. The number of epoxide rings is 1. The number of Topliss-reactive ketones (excluding diaryl/α,β-unsaturated/α-hetero) is 1. The van der Waals surface area contributed by atoms with Crippen molar-refractivity contribution < 1.29 is 33.2 Å². The van der Waals surface area contributed by atoms with Gasteiger partial charge in [0, 0.05) is 10.0 Å². The molecule has 7 nitrogen and oxygen atoms in total. The van der Waals surface area contributed by atoms with E-state index in [0.29, 0.717) is 38.8 Å². The van der Waals surface area contributed by atoms with Gasteiger partial charge >= 0.3 is 0 Å². The Morgan fingerprint density at radius 2 is 1.70 bits per heavy atom. The predicted octanol–water partition coefficient (Wildman–Crippen LogP) is 3.53. The molecule has 27 heavy (non-hydrogen) atoms. The third kappa shape index (κ3) is 3.08. The van der Waals surface area contributed by atoms with Gasteiger partial charge in [0.05, 0.1) is 21.3 Å². The Bertz CT molecular complexity index is 911. The van der Waals surface area contributed by atoms with E-state index in [4.69, 9.17) is 28.4 Å². The van der Waals surface area contributed by atoms with Crippen LogP contribution in [0.1, 0.15) is 22.0 Å².